The number of nitrogen functional groups attached to an aromatic ring is 1. The minimum Gasteiger partial charge on any atom is -0.384 e. The van der Waals surface area contributed by atoms with Crippen molar-refractivity contribution in [3.8, 4) is 11.4 Å². The van der Waals surface area contributed by atoms with Gasteiger partial charge in [0, 0.05) is 18.2 Å². The third kappa shape index (κ3) is 3.03. The van der Waals surface area contributed by atoms with E-state index in [0.717, 1.165) is 28.1 Å². The van der Waals surface area contributed by atoms with E-state index in [1.807, 2.05) is 18.2 Å². The van der Waals surface area contributed by atoms with Gasteiger partial charge in [-0.1, -0.05) is 30.3 Å². The summed E-state index contributed by atoms with van der Waals surface area (Å²) in [5.41, 5.74) is 11.3. The maximum Gasteiger partial charge on any atom is 0.164 e. The van der Waals surface area contributed by atoms with Crippen LogP contribution in [-0.4, -0.2) is 16.5 Å². The van der Waals surface area contributed by atoms with Crippen molar-refractivity contribution in [2.75, 3.05) is 17.2 Å². The Labute approximate surface area is 158 Å². The molecule has 3 aromatic rings. The summed E-state index contributed by atoms with van der Waals surface area (Å²) in [6, 6.07) is 13.2. The molecular weight excluding hydrogens is 339 g/mol. The Kier molecular flexibility index (Phi) is 4.30. The molecule has 2 aromatic carbocycles. The van der Waals surface area contributed by atoms with Crippen LogP contribution >= 0.6 is 0 Å². The van der Waals surface area contributed by atoms with Crippen molar-refractivity contribution in [3.63, 3.8) is 0 Å². The van der Waals surface area contributed by atoms with Crippen molar-refractivity contribution >= 4 is 11.6 Å². The van der Waals surface area contributed by atoms with Crippen LogP contribution in [0, 0.1) is 19.7 Å². The molecule has 0 saturated carbocycles. The van der Waals surface area contributed by atoms with Crippen LogP contribution in [0.25, 0.3) is 11.4 Å². The lowest BCUT2D eigenvalue weighted by atomic mass is 9.93. The monoisotopic (exact) mass is 362 g/mol. The molecule has 4 nitrogen and oxygen atoms in total. The van der Waals surface area contributed by atoms with Gasteiger partial charge in [0.1, 0.15) is 17.5 Å². The summed E-state index contributed by atoms with van der Waals surface area (Å²) < 4.78 is 14.1. The second-order valence-electron chi connectivity index (χ2n) is 7.15. The molecule has 27 heavy (non-hydrogen) atoms. The molecule has 0 spiro atoms. The van der Waals surface area contributed by atoms with Gasteiger partial charge in [0.15, 0.2) is 5.82 Å². The summed E-state index contributed by atoms with van der Waals surface area (Å²) in [6.07, 6.45) is 0.648. The van der Waals surface area contributed by atoms with E-state index >= 15 is 0 Å². The number of aryl methyl sites for hydroxylation is 1. The zero-order valence-electron chi connectivity index (χ0n) is 15.8. The number of nitrogens with zero attached hydrogens (tertiary/aromatic N) is 3. The van der Waals surface area contributed by atoms with Gasteiger partial charge < -0.3 is 10.6 Å². The van der Waals surface area contributed by atoms with Crippen molar-refractivity contribution in [3.05, 3.63) is 70.5 Å². The van der Waals surface area contributed by atoms with Crippen molar-refractivity contribution in [1.82, 2.24) is 9.97 Å². The topological polar surface area (TPSA) is 55.0 Å². The Morgan fingerprint density at radius 3 is 2.70 bits per heavy atom. The molecule has 0 bridgehead atoms. The zero-order chi connectivity index (χ0) is 19.1. The van der Waals surface area contributed by atoms with Gasteiger partial charge in [-0.05, 0) is 55.5 Å². The molecule has 2 N–H and O–H groups in total. The smallest absolute Gasteiger partial charge is 0.164 e. The molecule has 4 rings (SSSR count). The molecule has 0 fully saturated rings. The molecule has 2 heterocycles. The van der Waals surface area contributed by atoms with Gasteiger partial charge in [-0.2, -0.15) is 0 Å². The number of halogens is 1. The lowest BCUT2D eigenvalue weighted by Gasteiger charge is -2.36. The highest BCUT2D eigenvalue weighted by molar-refractivity contribution is 5.66. The normalized spacial score (nSPS) is 16.3. The van der Waals surface area contributed by atoms with E-state index in [2.05, 4.69) is 36.7 Å². The van der Waals surface area contributed by atoms with Crippen molar-refractivity contribution in [1.29, 1.82) is 0 Å². The first-order valence-electron chi connectivity index (χ1n) is 9.21. The number of aromatic nitrogens is 2. The zero-order valence-corrected chi connectivity index (χ0v) is 15.8. The highest BCUT2D eigenvalue weighted by atomic mass is 19.1. The van der Waals surface area contributed by atoms with Gasteiger partial charge in [-0.15, -0.1) is 0 Å². The number of rotatable bonds is 2. The third-order valence-electron chi connectivity index (χ3n) is 5.55. The average Bonchev–Trinajstić information content (AvgIpc) is 2.64. The summed E-state index contributed by atoms with van der Waals surface area (Å²) >= 11 is 0. The van der Waals surface area contributed by atoms with Crippen LogP contribution in [0.15, 0.2) is 42.5 Å². The Morgan fingerprint density at radius 2 is 1.89 bits per heavy atom. The first-order chi connectivity index (χ1) is 13.0. The van der Waals surface area contributed by atoms with E-state index in [0.29, 0.717) is 24.6 Å². The molecule has 1 aromatic heterocycles. The minimum absolute atomic E-state index is 0.0187. The number of hydrogen-bond acceptors (Lipinski definition) is 4. The molecule has 138 valence electrons. The largest absolute Gasteiger partial charge is 0.384 e. The lowest BCUT2D eigenvalue weighted by Crippen LogP contribution is -2.35. The van der Waals surface area contributed by atoms with E-state index in [4.69, 9.17) is 10.7 Å². The predicted molar refractivity (Wildman–Crippen MR) is 107 cm³/mol. The van der Waals surface area contributed by atoms with E-state index in [1.165, 1.54) is 11.6 Å². The van der Waals surface area contributed by atoms with E-state index in [9.17, 15) is 4.39 Å². The van der Waals surface area contributed by atoms with Gasteiger partial charge in [0.05, 0.1) is 6.04 Å². The molecule has 0 aliphatic carbocycles. The average molecular weight is 362 g/mol. The number of benzene rings is 2. The summed E-state index contributed by atoms with van der Waals surface area (Å²) in [5, 5.41) is 0. The first kappa shape index (κ1) is 17.5. The lowest BCUT2D eigenvalue weighted by molar-refractivity contribution is 0.560. The number of anilines is 2. The molecule has 1 unspecified atom stereocenters. The molecule has 0 saturated heterocycles. The van der Waals surface area contributed by atoms with Crippen LogP contribution in [0.4, 0.5) is 16.0 Å². The van der Waals surface area contributed by atoms with E-state index in [1.54, 1.807) is 12.1 Å². The molecule has 5 heteroatoms. The second kappa shape index (κ2) is 6.65. The summed E-state index contributed by atoms with van der Waals surface area (Å²) in [4.78, 5) is 11.5. The molecular formula is C22H23FN4. The van der Waals surface area contributed by atoms with Crippen LogP contribution in [0.5, 0.6) is 0 Å². The minimum atomic E-state index is -0.128. The van der Waals surface area contributed by atoms with Crippen LogP contribution in [0.2, 0.25) is 0 Å². The number of nitrogens with two attached hydrogens (primary N) is 1. The number of fused-ring (bicyclic) bond motifs is 1. The van der Waals surface area contributed by atoms with Crippen LogP contribution in [0.3, 0.4) is 0 Å². The van der Waals surface area contributed by atoms with Gasteiger partial charge in [0.2, 0.25) is 0 Å². The highest BCUT2D eigenvalue weighted by Gasteiger charge is 2.27. The fourth-order valence-electron chi connectivity index (χ4n) is 3.85. The first-order valence-corrected chi connectivity index (χ1v) is 9.21. The van der Waals surface area contributed by atoms with E-state index in [-0.39, 0.29) is 11.9 Å². The fourth-order valence-corrected chi connectivity index (χ4v) is 3.85. The summed E-state index contributed by atoms with van der Waals surface area (Å²) in [6.45, 7) is 6.91. The Morgan fingerprint density at radius 1 is 1.11 bits per heavy atom. The molecule has 1 aliphatic heterocycles. The predicted octanol–water partition coefficient (Wildman–Crippen LogP) is 4.61. The Bertz CT molecular complexity index is 1020. The standard InChI is InChI=1S/C22H23FN4/c1-13-6-4-7-16(14(13)2)22-25-20(24)12-21(26-22)27-11-10-18-17(15(27)3)8-5-9-19(18)23/h4-9,12,15H,10-11H2,1-3H3,(H2,24,25,26). The SMILES string of the molecule is Cc1cccc(-c2nc(N)cc(N3CCc4c(F)cccc4C3C)n2)c1C. The Balaban J connectivity index is 1.77. The summed E-state index contributed by atoms with van der Waals surface area (Å²) in [5.74, 6) is 1.72. The highest BCUT2D eigenvalue weighted by Crippen LogP contribution is 2.35. The second-order valence-corrected chi connectivity index (χ2v) is 7.15. The quantitative estimate of drug-likeness (QED) is 0.723. The summed E-state index contributed by atoms with van der Waals surface area (Å²) in [7, 11) is 0. The molecule has 0 radical (unpaired) electrons. The van der Waals surface area contributed by atoms with Gasteiger partial charge in [-0.3, -0.25) is 0 Å². The van der Waals surface area contributed by atoms with Gasteiger partial charge in [-0.25, -0.2) is 14.4 Å². The van der Waals surface area contributed by atoms with Gasteiger partial charge in [0.25, 0.3) is 0 Å². The third-order valence-corrected chi connectivity index (χ3v) is 5.55. The maximum atomic E-state index is 14.1. The Hall–Kier alpha value is -2.95. The number of hydrogen-bond donors (Lipinski definition) is 1. The fraction of sp³-hybridized carbons (Fsp3) is 0.273. The van der Waals surface area contributed by atoms with Crippen molar-refractivity contribution in [2.24, 2.45) is 0 Å². The van der Waals surface area contributed by atoms with E-state index < -0.39 is 0 Å². The van der Waals surface area contributed by atoms with Gasteiger partial charge >= 0.3 is 0 Å². The maximum absolute atomic E-state index is 14.1. The molecule has 0 amide bonds. The van der Waals surface area contributed by atoms with Crippen LogP contribution in [-0.2, 0) is 6.42 Å². The van der Waals surface area contributed by atoms with Crippen molar-refractivity contribution < 1.29 is 4.39 Å². The molecule has 1 atom stereocenters. The molecule has 1 aliphatic rings. The van der Waals surface area contributed by atoms with Crippen LogP contribution < -0.4 is 10.6 Å². The van der Waals surface area contributed by atoms with Crippen molar-refractivity contribution in [2.45, 2.75) is 33.2 Å². The van der Waals surface area contributed by atoms with Crippen LogP contribution in [0.1, 0.15) is 35.2 Å².